The van der Waals surface area contributed by atoms with E-state index in [1.54, 1.807) is 0 Å². The van der Waals surface area contributed by atoms with Gasteiger partial charge in [0.05, 0.1) is 26.4 Å². The molecule has 0 bridgehead atoms. The van der Waals surface area contributed by atoms with Gasteiger partial charge in [0, 0.05) is 25.7 Å². The first kappa shape index (κ1) is 90.1. The van der Waals surface area contributed by atoms with Crippen molar-refractivity contribution in [1.82, 2.24) is 0 Å². The topological polar surface area (TPSA) is 237 Å². The Morgan fingerprint density at radius 3 is 0.739 bits per heavy atom. The van der Waals surface area contributed by atoms with Crippen molar-refractivity contribution in [3.63, 3.8) is 0 Å². The van der Waals surface area contributed by atoms with Crippen LogP contribution in [0.1, 0.15) is 375 Å². The molecule has 0 saturated heterocycles. The Labute approximate surface area is 562 Å². The van der Waals surface area contributed by atoms with E-state index >= 15 is 0 Å². The summed E-state index contributed by atoms with van der Waals surface area (Å²) in [6.45, 7) is 9.54. The number of ether oxygens (including phenoxy) is 4. The average molecular weight is 1350 g/mol. The number of aliphatic hydroxyl groups excluding tert-OH is 1. The van der Waals surface area contributed by atoms with E-state index in [-0.39, 0.29) is 25.7 Å². The fourth-order valence-corrected chi connectivity index (χ4v) is 12.7. The SMILES string of the molecule is CCCCCCCCCCCCCCC(=O)OC[C@H](COP(=O)(O)OC[C@@H](O)COP(=O)(O)OC[C@@H](COC(=O)CCCCCCCCCC)OC(=O)CCCCCCCCCCC(C)C)OC(=O)CCCCCCCCCCCCCCCCCCCCC(C)C. The van der Waals surface area contributed by atoms with Gasteiger partial charge in [-0.25, -0.2) is 9.13 Å². The summed E-state index contributed by atoms with van der Waals surface area (Å²) >= 11 is 0. The summed E-state index contributed by atoms with van der Waals surface area (Å²) in [6.07, 6.45) is 51.5. The maximum absolute atomic E-state index is 13.0. The van der Waals surface area contributed by atoms with Crippen molar-refractivity contribution in [2.45, 2.75) is 394 Å². The Hall–Kier alpha value is -1.94. The van der Waals surface area contributed by atoms with E-state index in [1.165, 1.54) is 186 Å². The van der Waals surface area contributed by atoms with E-state index in [9.17, 15) is 43.2 Å². The molecule has 0 amide bonds. The predicted octanol–water partition coefficient (Wildman–Crippen LogP) is 21.2. The number of unbranched alkanes of at least 4 members (excludes halogenated alkanes) is 42. The molecular formula is C73H142O17P2. The number of phosphoric acid groups is 2. The van der Waals surface area contributed by atoms with E-state index < -0.39 is 97.5 Å². The molecule has 0 heterocycles. The molecule has 92 heavy (non-hydrogen) atoms. The standard InChI is InChI=1S/C73H142O17P2/c1-7-9-11-13-15-17-18-28-31-38-44-50-56-71(76)84-62-69(89-72(77)57-51-45-39-32-29-26-24-22-20-19-21-23-25-27-30-35-41-47-53-65(3)4)64-88-92(81,82)86-60-67(74)59-85-91(79,80)87-63-68(61-83-70(75)55-49-43-37-16-14-12-10-8-2)90-73(78)58-52-46-40-34-33-36-42-48-54-66(5)6/h65-69,74H,7-64H2,1-6H3,(H,79,80)(H,81,82)/t67-,68+,69+/m0/s1. The normalized spacial score (nSPS) is 14.1. The maximum atomic E-state index is 13.0. The zero-order valence-corrected chi connectivity index (χ0v) is 61.6. The summed E-state index contributed by atoms with van der Waals surface area (Å²) in [4.78, 5) is 72.5. The van der Waals surface area contributed by atoms with Crippen LogP contribution < -0.4 is 0 Å². The molecule has 0 aromatic rings. The molecule has 2 unspecified atom stereocenters. The monoisotopic (exact) mass is 1350 g/mol. The summed E-state index contributed by atoms with van der Waals surface area (Å²) < 4.78 is 68.3. The Morgan fingerprint density at radius 2 is 0.500 bits per heavy atom. The second kappa shape index (κ2) is 65.0. The first-order valence-corrected chi connectivity index (χ1v) is 41.0. The van der Waals surface area contributed by atoms with Gasteiger partial charge in [0.15, 0.2) is 12.2 Å². The smallest absolute Gasteiger partial charge is 0.462 e. The van der Waals surface area contributed by atoms with Crippen LogP contribution in [0.15, 0.2) is 0 Å². The van der Waals surface area contributed by atoms with Gasteiger partial charge in [-0.15, -0.1) is 0 Å². The first-order valence-electron chi connectivity index (χ1n) is 38.0. The van der Waals surface area contributed by atoms with Crippen molar-refractivity contribution in [3.8, 4) is 0 Å². The van der Waals surface area contributed by atoms with Gasteiger partial charge in [0.2, 0.25) is 0 Å². The first-order chi connectivity index (χ1) is 44.4. The van der Waals surface area contributed by atoms with Gasteiger partial charge in [-0.2, -0.15) is 0 Å². The Bertz CT molecular complexity index is 1790. The Morgan fingerprint density at radius 1 is 0.293 bits per heavy atom. The van der Waals surface area contributed by atoms with Crippen molar-refractivity contribution in [1.29, 1.82) is 0 Å². The lowest BCUT2D eigenvalue weighted by molar-refractivity contribution is -0.161. The molecule has 546 valence electrons. The van der Waals surface area contributed by atoms with Crippen LogP contribution in [0.5, 0.6) is 0 Å². The number of hydrogen-bond acceptors (Lipinski definition) is 15. The highest BCUT2D eigenvalue weighted by atomic mass is 31.2. The molecule has 0 aromatic heterocycles. The number of rotatable bonds is 72. The third kappa shape index (κ3) is 66.7. The Balaban J connectivity index is 5.16. The van der Waals surface area contributed by atoms with E-state index in [0.717, 1.165) is 108 Å². The summed E-state index contributed by atoms with van der Waals surface area (Å²) in [5.74, 6) is -0.585. The molecule has 0 rings (SSSR count). The fourth-order valence-electron chi connectivity index (χ4n) is 11.1. The number of carbonyl (C=O) groups excluding carboxylic acids is 4. The van der Waals surface area contributed by atoms with E-state index in [4.69, 9.17) is 37.0 Å². The van der Waals surface area contributed by atoms with Gasteiger partial charge >= 0.3 is 39.5 Å². The zero-order chi connectivity index (χ0) is 67.9. The maximum Gasteiger partial charge on any atom is 0.472 e. The quantitative estimate of drug-likeness (QED) is 0.0222. The third-order valence-corrected chi connectivity index (χ3v) is 18.9. The van der Waals surface area contributed by atoms with Gasteiger partial charge in [-0.3, -0.25) is 37.3 Å². The second-order valence-corrected chi connectivity index (χ2v) is 30.2. The molecule has 19 heteroatoms. The van der Waals surface area contributed by atoms with Gasteiger partial charge < -0.3 is 33.8 Å². The van der Waals surface area contributed by atoms with Gasteiger partial charge in [0.1, 0.15) is 19.3 Å². The number of phosphoric ester groups is 2. The molecule has 0 aliphatic rings. The van der Waals surface area contributed by atoms with Crippen LogP contribution in [0.4, 0.5) is 0 Å². The van der Waals surface area contributed by atoms with E-state index in [2.05, 4.69) is 41.5 Å². The fraction of sp³-hybridized carbons (Fsp3) is 0.945. The third-order valence-electron chi connectivity index (χ3n) is 17.0. The van der Waals surface area contributed by atoms with Crippen LogP contribution in [0.25, 0.3) is 0 Å². The van der Waals surface area contributed by atoms with Crippen molar-refractivity contribution < 1.29 is 80.2 Å². The van der Waals surface area contributed by atoms with Gasteiger partial charge in [-0.05, 0) is 37.5 Å². The molecular weight excluding hydrogens is 1210 g/mol. The molecule has 0 spiro atoms. The highest BCUT2D eigenvalue weighted by Gasteiger charge is 2.30. The predicted molar refractivity (Wildman–Crippen MR) is 372 cm³/mol. The van der Waals surface area contributed by atoms with Crippen LogP contribution in [-0.4, -0.2) is 96.7 Å². The minimum absolute atomic E-state index is 0.104. The number of hydrogen-bond donors (Lipinski definition) is 3. The van der Waals surface area contributed by atoms with Crippen molar-refractivity contribution in [3.05, 3.63) is 0 Å². The van der Waals surface area contributed by atoms with E-state index in [1.807, 2.05) is 0 Å². The molecule has 0 radical (unpaired) electrons. The molecule has 0 aliphatic heterocycles. The van der Waals surface area contributed by atoms with Gasteiger partial charge in [-0.1, -0.05) is 324 Å². The largest absolute Gasteiger partial charge is 0.472 e. The van der Waals surface area contributed by atoms with Crippen LogP contribution in [0.3, 0.4) is 0 Å². The minimum Gasteiger partial charge on any atom is -0.462 e. The molecule has 0 fully saturated rings. The minimum atomic E-state index is -4.95. The number of esters is 4. The highest BCUT2D eigenvalue weighted by molar-refractivity contribution is 7.47. The molecule has 3 N–H and O–H groups in total. The molecule has 0 aromatic carbocycles. The average Bonchev–Trinajstić information content (AvgIpc) is 2.39. The lowest BCUT2D eigenvalue weighted by atomic mass is 10.0. The van der Waals surface area contributed by atoms with Crippen molar-refractivity contribution in [2.75, 3.05) is 39.6 Å². The second-order valence-electron chi connectivity index (χ2n) is 27.3. The molecule has 0 aliphatic carbocycles. The lowest BCUT2D eigenvalue weighted by Gasteiger charge is -2.21. The number of carbonyl (C=O) groups is 4. The summed E-state index contributed by atoms with van der Waals surface area (Å²) in [6, 6.07) is 0. The lowest BCUT2D eigenvalue weighted by Crippen LogP contribution is -2.30. The molecule has 0 saturated carbocycles. The van der Waals surface area contributed by atoms with Crippen molar-refractivity contribution in [2.24, 2.45) is 11.8 Å². The number of aliphatic hydroxyl groups is 1. The van der Waals surface area contributed by atoms with Crippen LogP contribution in [-0.2, 0) is 65.4 Å². The zero-order valence-electron chi connectivity index (χ0n) is 59.9. The Kier molecular flexibility index (Phi) is 63.7. The molecule has 17 nitrogen and oxygen atoms in total. The summed E-state index contributed by atoms with van der Waals surface area (Å²) in [5.41, 5.74) is 0. The van der Waals surface area contributed by atoms with E-state index in [0.29, 0.717) is 25.7 Å². The summed E-state index contributed by atoms with van der Waals surface area (Å²) in [7, 11) is -9.90. The van der Waals surface area contributed by atoms with Crippen LogP contribution in [0, 0.1) is 11.8 Å². The van der Waals surface area contributed by atoms with Crippen LogP contribution in [0.2, 0.25) is 0 Å². The summed E-state index contributed by atoms with van der Waals surface area (Å²) in [5, 5.41) is 10.6. The highest BCUT2D eigenvalue weighted by Crippen LogP contribution is 2.45. The van der Waals surface area contributed by atoms with Crippen molar-refractivity contribution >= 4 is 39.5 Å². The van der Waals surface area contributed by atoms with Crippen LogP contribution >= 0.6 is 15.6 Å². The molecule has 5 atom stereocenters. The van der Waals surface area contributed by atoms with Gasteiger partial charge in [0.25, 0.3) is 0 Å².